The number of hydrogen-bond donors (Lipinski definition) is 2. The van der Waals surface area contributed by atoms with Gasteiger partial charge in [-0.25, -0.2) is 17.6 Å². The quantitative estimate of drug-likeness (QED) is 0.755. The van der Waals surface area contributed by atoms with E-state index in [1.54, 1.807) is 0 Å². The number of hydrogen-bond acceptors (Lipinski definition) is 4. The van der Waals surface area contributed by atoms with E-state index in [1.807, 2.05) is 0 Å². The number of anilines is 2. The zero-order chi connectivity index (χ0) is 20.4. The van der Waals surface area contributed by atoms with Gasteiger partial charge in [0, 0.05) is 12.6 Å². The first-order chi connectivity index (χ1) is 12.5. The molecule has 0 saturated heterocycles. The van der Waals surface area contributed by atoms with Gasteiger partial charge in [-0.05, 0) is 49.4 Å². The first-order valence-corrected chi connectivity index (χ1v) is 9.46. The number of rotatable bonds is 6. The summed E-state index contributed by atoms with van der Waals surface area (Å²) in [6, 6.07) is 6.84. The van der Waals surface area contributed by atoms with Crippen LogP contribution in [0.2, 0.25) is 5.02 Å². The van der Waals surface area contributed by atoms with Crippen molar-refractivity contribution in [2.24, 2.45) is 0 Å². The minimum absolute atomic E-state index is 0.0952. The number of nitrogens with zero attached hydrogens (tertiary/aromatic N) is 1. The Balaban J connectivity index is 2.54. The highest BCUT2D eigenvalue weighted by atomic mass is 35.5. The first-order valence-electron chi connectivity index (χ1n) is 7.64. The van der Waals surface area contributed by atoms with Gasteiger partial charge in [0.05, 0.1) is 15.6 Å². The van der Waals surface area contributed by atoms with E-state index >= 15 is 0 Å². The van der Waals surface area contributed by atoms with Crippen molar-refractivity contribution in [3.8, 4) is 0 Å². The molecule has 0 aliphatic carbocycles. The maximum Gasteiger partial charge on any atom is 0.327 e. The molecule has 2 aromatic rings. The molecule has 0 saturated carbocycles. The minimum Gasteiger partial charge on any atom is -0.480 e. The van der Waals surface area contributed by atoms with Crippen molar-refractivity contribution in [1.29, 1.82) is 0 Å². The van der Waals surface area contributed by atoms with E-state index in [4.69, 9.17) is 11.6 Å². The van der Waals surface area contributed by atoms with E-state index in [2.05, 4.69) is 5.32 Å². The van der Waals surface area contributed by atoms with Crippen molar-refractivity contribution in [2.45, 2.75) is 24.8 Å². The zero-order valence-electron chi connectivity index (χ0n) is 14.3. The van der Waals surface area contributed by atoms with E-state index < -0.39 is 27.9 Å². The zero-order valence-corrected chi connectivity index (χ0v) is 15.9. The van der Waals surface area contributed by atoms with Crippen molar-refractivity contribution >= 4 is 44.9 Å². The summed E-state index contributed by atoms with van der Waals surface area (Å²) < 4.78 is 40.2. The van der Waals surface area contributed by atoms with Crippen LogP contribution >= 0.6 is 11.6 Å². The monoisotopic (exact) mass is 414 g/mol. The molecule has 0 radical (unpaired) electrons. The lowest BCUT2D eigenvalue weighted by molar-refractivity contribution is -0.137. The molecule has 1 atom stereocenters. The second-order valence-corrected chi connectivity index (χ2v) is 7.84. The van der Waals surface area contributed by atoms with E-state index in [-0.39, 0.29) is 21.5 Å². The van der Waals surface area contributed by atoms with Crippen LogP contribution in [0.4, 0.5) is 15.8 Å². The Morgan fingerprint density at radius 3 is 2.26 bits per heavy atom. The number of sulfonamides is 1. The smallest absolute Gasteiger partial charge is 0.327 e. The summed E-state index contributed by atoms with van der Waals surface area (Å²) in [6.45, 7) is 2.49. The van der Waals surface area contributed by atoms with Crippen LogP contribution in [0.5, 0.6) is 0 Å². The van der Waals surface area contributed by atoms with Crippen molar-refractivity contribution in [3.05, 3.63) is 53.3 Å². The standard InChI is InChI=1S/C17H16ClFN2O5S/c1-10(17(23)24)21(13-5-8-16(19)15(18)9-13)27(25,26)14-6-3-12(4-7-14)20-11(2)22/h3-10H,1-2H3,(H,20,22)(H,23,24). The predicted molar refractivity (Wildman–Crippen MR) is 98.9 cm³/mol. The van der Waals surface area contributed by atoms with Crippen molar-refractivity contribution in [1.82, 2.24) is 0 Å². The van der Waals surface area contributed by atoms with Gasteiger partial charge < -0.3 is 10.4 Å². The summed E-state index contributed by atoms with van der Waals surface area (Å²) in [5.74, 6) is -2.48. The number of carboxylic acids is 1. The molecule has 0 aliphatic heterocycles. The molecule has 7 nitrogen and oxygen atoms in total. The highest BCUT2D eigenvalue weighted by Crippen LogP contribution is 2.30. The Morgan fingerprint density at radius 2 is 1.78 bits per heavy atom. The summed E-state index contributed by atoms with van der Waals surface area (Å²) in [5, 5.41) is 11.5. The summed E-state index contributed by atoms with van der Waals surface area (Å²) >= 11 is 5.72. The number of carbonyl (C=O) groups is 2. The number of carbonyl (C=O) groups excluding carboxylic acids is 1. The molecule has 1 unspecified atom stereocenters. The van der Waals surface area contributed by atoms with Gasteiger partial charge >= 0.3 is 5.97 Å². The fourth-order valence-corrected chi connectivity index (χ4v) is 4.10. The Bertz CT molecular complexity index is 979. The van der Waals surface area contributed by atoms with Crippen molar-refractivity contribution in [2.75, 3.05) is 9.62 Å². The lowest BCUT2D eigenvalue weighted by atomic mass is 10.2. The summed E-state index contributed by atoms with van der Waals surface area (Å²) in [4.78, 5) is 22.3. The minimum atomic E-state index is -4.31. The SMILES string of the molecule is CC(=O)Nc1ccc(S(=O)(=O)N(c2ccc(F)c(Cl)c2)C(C)C(=O)O)cc1. The molecule has 2 aromatic carbocycles. The average molecular weight is 415 g/mol. The fraction of sp³-hybridized carbons (Fsp3) is 0.176. The Kier molecular flexibility index (Phi) is 6.07. The third-order valence-corrected chi connectivity index (χ3v) is 5.80. The molecule has 0 bridgehead atoms. The third kappa shape index (κ3) is 4.55. The van der Waals surface area contributed by atoms with Gasteiger partial charge in [0.2, 0.25) is 5.91 Å². The van der Waals surface area contributed by atoms with Gasteiger partial charge in [-0.3, -0.25) is 9.10 Å². The summed E-state index contributed by atoms with van der Waals surface area (Å²) in [6.07, 6.45) is 0. The average Bonchev–Trinajstić information content (AvgIpc) is 2.57. The largest absolute Gasteiger partial charge is 0.480 e. The third-order valence-electron chi connectivity index (χ3n) is 3.60. The molecule has 1 amide bonds. The Labute approximate surface area is 160 Å². The topological polar surface area (TPSA) is 104 Å². The lowest BCUT2D eigenvalue weighted by Crippen LogP contribution is -2.43. The second kappa shape index (κ2) is 7.93. The molecule has 0 fully saturated rings. The van der Waals surface area contributed by atoms with E-state index in [9.17, 15) is 27.5 Å². The lowest BCUT2D eigenvalue weighted by Gasteiger charge is -2.28. The van der Waals surface area contributed by atoms with Crippen LogP contribution in [0.15, 0.2) is 47.4 Å². The number of nitrogens with one attached hydrogen (secondary N) is 1. The van der Waals surface area contributed by atoms with Gasteiger partial charge in [0.1, 0.15) is 11.9 Å². The van der Waals surface area contributed by atoms with E-state index in [1.165, 1.54) is 38.1 Å². The number of aliphatic carboxylic acids is 1. The Hall–Kier alpha value is -2.65. The predicted octanol–water partition coefficient (Wildman–Crippen LogP) is 3.11. The van der Waals surface area contributed by atoms with Crippen LogP contribution in [0.1, 0.15) is 13.8 Å². The van der Waals surface area contributed by atoms with Gasteiger partial charge in [-0.2, -0.15) is 0 Å². The first kappa shape index (κ1) is 20.7. The molecule has 27 heavy (non-hydrogen) atoms. The number of carboxylic acid groups (broad SMARTS) is 1. The number of halogens is 2. The maximum absolute atomic E-state index is 13.4. The van der Waals surface area contributed by atoms with E-state index in [0.717, 1.165) is 18.2 Å². The van der Waals surface area contributed by atoms with Gasteiger partial charge in [-0.15, -0.1) is 0 Å². The Morgan fingerprint density at radius 1 is 1.19 bits per heavy atom. The maximum atomic E-state index is 13.4. The van der Waals surface area contributed by atoms with Crippen molar-refractivity contribution in [3.63, 3.8) is 0 Å². The molecule has 2 rings (SSSR count). The van der Waals surface area contributed by atoms with Crippen LogP contribution in [-0.2, 0) is 19.6 Å². The highest BCUT2D eigenvalue weighted by Gasteiger charge is 2.33. The van der Waals surface area contributed by atoms with Gasteiger partial charge in [0.15, 0.2) is 0 Å². The molecule has 0 aromatic heterocycles. The summed E-state index contributed by atoms with van der Waals surface area (Å²) in [5.41, 5.74) is 0.284. The van der Waals surface area contributed by atoms with Crippen LogP contribution in [0, 0.1) is 5.82 Å². The van der Waals surface area contributed by atoms with Crippen LogP contribution in [0.3, 0.4) is 0 Å². The van der Waals surface area contributed by atoms with Crippen LogP contribution in [-0.4, -0.2) is 31.4 Å². The fourth-order valence-electron chi connectivity index (χ4n) is 2.32. The molecular weight excluding hydrogens is 399 g/mol. The molecule has 10 heteroatoms. The normalized spacial score (nSPS) is 12.3. The van der Waals surface area contributed by atoms with Crippen LogP contribution in [0.25, 0.3) is 0 Å². The second-order valence-electron chi connectivity index (χ2n) is 5.62. The highest BCUT2D eigenvalue weighted by molar-refractivity contribution is 7.92. The molecule has 0 spiro atoms. The molecule has 0 heterocycles. The number of amides is 1. The molecule has 144 valence electrons. The van der Waals surface area contributed by atoms with Gasteiger partial charge in [-0.1, -0.05) is 11.6 Å². The van der Waals surface area contributed by atoms with Gasteiger partial charge in [0.25, 0.3) is 10.0 Å². The molecule has 2 N–H and O–H groups in total. The molecule has 0 aliphatic rings. The summed E-state index contributed by atoms with van der Waals surface area (Å²) in [7, 11) is -4.31. The number of benzene rings is 2. The van der Waals surface area contributed by atoms with Crippen molar-refractivity contribution < 1.29 is 27.5 Å². The van der Waals surface area contributed by atoms with E-state index in [0.29, 0.717) is 9.99 Å². The molecular formula is C17H16ClFN2O5S. The van der Waals surface area contributed by atoms with Crippen LogP contribution < -0.4 is 9.62 Å².